The predicted molar refractivity (Wildman–Crippen MR) is 137 cm³/mol. The fourth-order valence-corrected chi connectivity index (χ4v) is 4.16. The van der Waals surface area contributed by atoms with Gasteiger partial charge in [0.05, 0.1) is 5.57 Å². The third-order valence-corrected chi connectivity index (χ3v) is 6.08. The first-order valence-electron chi connectivity index (χ1n) is 11.2. The lowest BCUT2D eigenvalue weighted by Gasteiger charge is -2.17. The molecule has 4 aromatic rings. The van der Waals surface area contributed by atoms with Crippen molar-refractivity contribution < 1.29 is 14.0 Å². The fraction of sp³-hybridized carbons (Fsp3) is 0.107. The number of carbonyl (C=O) groups is 2. The Morgan fingerprint density at radius 2 is 1.97 bits per heavy atom. The number of rotatable bonds is 6. The molecule has 0 radical (unpaired) electrons. The van der Waals surface area contributed by atoms with Crippen LogP contribution in [0.15, 0.2) is 83.4 Å². The molecule has 1 N–H and O–H groups in total. The van der Waals surface area contributed by atoms with Gasteiger partial charge in [-0.05, 0) is 60.7 Å². The number of nitrogens with one attached hydrogen (secondary N) is 1. The quantitative estimate of drug-likeness (QED) is 0.351. The van der Waals surface area contributed by atoms with Crippen molar-refractivity contribution in [1.29, 1.82) is 0 Å². The monoisotopic (exact) mass is 483 g/mol. The molecule has 1 aliphatic heterocycles. The molecule has 0 bridgehead atoms. The second kappa shape index (κ2) is 9.60. The van der Waals surface area contributed by atoms with E-state index in [9.17, 15) is 9.59 Å². The highest BCUT2D eigenvalue weighted by Crippen LogP contribution is 2.35. The van der Waals surface area contributed by atoms with Crippen LogP contribution in [0.5, 0.6) is 0 Å². The van der Waals surface area contributed by atoms with Crippen LogP contribution < -0.4 is 5.32 Å². The summed E-state index contributed by atoms with van der Waals surface area (Å²) >= 11 is 6.11. The second-order valence-corrected chi connectivity index (χ2v) is 8.72. The number of pyridine rings is 1. The van der Waals surface area contributed by atoms with Crippen LogP contribution >= 0.6 is 11.6 Å². The first-order chi connectivity index (χ1) is 17.0. The minimum Gasteiger partial charge on any atom is -0.457 e. The minimum atomic E-state index is -0.207. The average Bonchev–Trinajstić information content (AvgIpc) is 3.47. The number of furan rings is 1. The lowest BCUT2D eigenvalue weighted by atomic mass is 10.1. The van der Waals surface area contributed by atoms with Gasteiger partial charge >= 0.3 is 0 Å². The van der Waals surface area contributed by atoms with E-state index in [1.165, 1.54) is 0 Å². The SMILES string of the molecule is CN(CCc1ccccn1)C(=O)c1cccc(-c2ccc(C=C3C(=O)Nc4ccc(Cl)cc43)o2)c1. The summed E-state index contributed by atoms with van der Waals surface area (Å²) in [6, 6.07) is 22.0. The Morgan fingerprint density at radius 3 is 2.80 bits per heavy atom. The van der Waals surface area contributed by atoms with Crippen molar-refractivity contribution in [2.75, 3.05) is 18.9 Å². The van der Waals surface area contributed by atoms with E-state index in [0.29, 0.717) is 40.6 Å². The summed E-state index contributed by atoms with van der Waals surface area (Å²) in [6.07, 6.45) is 4.13. The van der Waals surface area contributed by atoms with E-state index in [4.69, 9.17) is 16.0 Å². The molecule has 0 saturated carbocycles. The summed E-state index contributed by atoms with van der Waals surface area (Å²) in [4.78, 5) is 31.4. The number of aromatic nitrogens is 1. The van der Waals surface area contributed by atoms with Gasteiger partial charge in [0.2, 0.25) is 0 Å². The summed E-state index contributed by atoms with van der Waals surface area (Å²) in [5.74, 6) is 0.851. The Bertz CT molecular complexity index is 1440. The van der Waals surface area contributed by atoms with Crippen molar-refractivity contribution in [2.45, 2.75) is 6.42 Å². The number of likely N-dealkylation sites (N-methyl/N-ethyl adjacent to an activating group) is 1. The molecule has 6 nitrogen and oxygen atoms in total. The molecule has 2 amide bonds. The molecule has 1 aliphatic rings. The molecule has 7 heteroatoms. The van der Waals surface area contributed by atoms with Crippen LogP contribution in [0.25, 0.3) is 23.0 Å². The Morgan fingerprint density at radius 1 is 1.09 bits per heavy atom. The van der Waals surface area contributed by atoms with E-state index in [-0.39, 0.29) is 11.8 Å². The summed E-state index contributed by atoms with van der Waals surface area (Å²) in [7, 11) is 1.78. The maximum absolute atomic E-state index is 13.0. The van der Waals surface area contributed by atoms with Crippen molar-refractivity contribution in [3.63, 3.8) is 0 Å². The minimum absolute atomic E-state index is 0.0761. The standard InChI is InChI=1S/C28H22ClN3O3/c1-32(14-12-21-7-2-3-13-30-21)28(34)19-6-4-5-18(15-19)26-11-9-22(35-26)17-24-23-16-20(29)8-10-25(23)31-27(24)33/h2-11,13,15-17H,12,14H2,1H3,(H,31,33). The predicted octanol–water partition coefficient (Wildman–Crippen LogP) is 5.80. The highest BCUT2D eigenvalue weighted by Gasteiger charge is 2.24. The van der Waals surface area contributed by atoms with Crippen molar-refractivity contribution in [1.82, 2.24) is 9.88 Å². The third kappa shape index (κ3) is 4.88. The molecule has 0 fully saturated rings. The van der Waals surface area contributed by atoms with E-state index in [2.05, 4.69) is 10.3 Å². The van der Waals surface area contributed by atoms with Crippen LogP contribution in [0.1, 0.15) is 27.4 Å². The third-order valence-electron chi connectivity index (χ3n) is 5.85. The van der Waals surface area contributed by atoms with Gasteiger partial charge in [-0.15, -0.1) is 0 Å². The Hall–Kier alpha value is -4.16. The van der Waals surface area contributed by atoms with Gasteiger partial charge < -0.3 is 14.6 Å². The van der Waals surface area contributed by atoms with Crippen LogP contribution in [0.2, 0.25) is 5.02 Å². The maximum Gasteiger partial charge on any atom is 0.256 e. The number of hydrogen-bond acceptors (Lipinski definition) is 4. The fourth-order valence-electron chi connectivity index (χ4n) is 3.99. The zero-order valence-corrected chi connectivity index (χ0v) is 19.8. The number of nitrogens with zero attached hydrogens (tertiary/aromatic N) is 2. The molecular weight excluding hydrogens is 462 g/mol. The highest BCUT2D eigenvalue weighted by atomic mass is 35.5. The van der Waals surface area contributed by atoms with E-state index in [1.807, 2.05) is 42.5 Å². The van der Waals surface area contributed by atoms with Gasteiger partial charge in [0.25, 0.3) is 11.8 Å². The van der Waals surface area contributed by atoms with Gasteiger partial charge in [-0.1, -0.05) is 29.8 Å². The molecule has 0 unspecified atom stereocenters. The molecule has 5 rings (SSSR count). The maximum atomic E-state index is 13.0. The first-order valence-corrected chi connectivity index (χ1v) is 11.5. The molecule has 0 saturated heterocycles. The zero-order valence-electron chi connectivity index (χ0n) is 19.0. The van der Waals surface area contributed by atoms with Gasteiger partial charge in [-0.3, -0.25) is 14.6 Å². The van der Waals surface area contributed by atoms with E-state index in [0.717, 1.165) is 22.5 Å². The van der Waals surface area contributed by atoms with Crippen LogP contribution in [-0.2, 0) is 11.2 Å². The van der Waals surface area contributed by atoms with Gasteiger partial charge in [-0.25, -0.2) is 0 Å². The van der Waals surface area contributed by atoms with Gasteiger partial charge in [-0.2, -0.15) is 0 Å². The number of carbonyl (C=O) groups excluding carboxylic acids is 2. The number of halogens is 1. The number of benzene rings is 2. The van der Waals surface area contributed by atoms with E-state index >= 15 is 0 Å². The molecule has 35 heavy (non-hydrogen) atoms. The largest absolute Gasteiger partial charge is 0.457 e. The molecule has 0 spiro atoms. The number of fused-ring (bicyclic) bond motifs is 1. The van der Waals surface area contributed by atoms with Gasteiger partial charge in [0, 0.05) is 59.3 Å². The van der Waals surface area contributed by atoms with Crippen molar-refractivity contribution in [3.8, 4) is 11.3 Å². The first kappa shape index (κ1) is 22.6. The molecule has 2 aromatic carbocycles. The summed E-state index contributed by atoms with van der Waals surface area (Å²) in [5, 5.41) is 3.38. The summed E-state index contributed by atoms with van der Waals surface area (Å²) in [6.45, 7) is 0.562. The van der Waals surface area contributed by atoms with Gasteiger partial charge in [0.1, 0.15) is 11.5 Å². The highest BCUT2D eigenvalue weighted by molar-refractivity contribution is 6.36. The lowest BCUT2D eigenvalue weighted by Crippen LogP contribution is -2.29. The molecule has 3 heterocycles. The van der Waals surface area contributed by atoms with Crippen LogP contribution in [-0.4, -0.2) is 35.3 Å². The van der Waals surface area contributed by atoms with Crippen LogP contribution in [0, 0.1) is 0 Å². The Kier molecular flexibility index (Phi) is 6.21. The molecular formula is C28H22ClN3O3. The molecule has 0 atom stereocenters. The van der Waals surface area contributed by atoms with E-state index in [1.54, 1.807) is 54.6 Å². The topological polar surface area (TPSA) is 75.4 Å². The lowest BCUT2D eigenvalue weighted by molar-refractivity contribution is -0.110. The Balaban J connectivity index is 1.33. The van der Waals surface area contributed by atoms with Crippen molar-refractivity contribution in [2.24, 2.45) is 0 Å². The zero-order chi connectivity index (χ0) is 24.4. The average molecular weight is 484 g/mol. The number of hydrogen-bond donors (Lipinski definition) is 1. The second-order valence-electron chi connectivity index (χ2n) is 8.28. The summed E-state index contributed by atoms with van der Waals surface area (Å²) < 4.78 is 6.00. The van der Waals surface area contributed by atoms with Crippen molar-refractivity contribution >= 4 is 40.8 Å². The van der Waals surface area contributed by atoms with E-state index < -0.39 is 0 Å². The summed E-state index contributed by atoms with van der Waals surface area (Å²) in [5.41, 5.74) is 4.23. The number of amides is 2. The smallest absolute Gasteiger partial charge is 0.256 e. The van der Waals surface area contributed by atoms with Crippen LogP contribution in [0.3, 0.4) is 0 Å². The van der Waals surface area contributed by atoms with Gasteiger partial charge in [0.15, 0.2) is 0 Å². The number of anilines is 1. The van der Waals surface area contributed by atoms with Crippen molar-refractivity contribution in [3.05, 3.63) is 107 Å². The molecule has 0 aliphatic carbocycles. The molecule has 2 aromatic heterocycles. The Labute approximate surface area is 207 Å². The van der Waals surface area contributed by atoms with Crippen LogP contribution in [0.4, 0.5) is 5.69 Å². The molecule has 174 valence electrons. The normalized spacial score (nSPS) is 13.5.